The molecule has 10 rings (SSSR count). The molecule has 8 aromatic carbocycles. The van der Waals surface area contributed by atoms with Crippen LogP contribution in [0, 0.1) is 0 Å². The normalized spacial score (nSPS) is 13.3. The van der Waals surface area contributed by atoms with Crippen LogP contribution in [-0.2, 0) is 5.41 Å². The maximum Gasteiger partial charge on any atom is 0.0468 e. The van der Waals surface area contributed by atoms with Crippen molar-refractivity contribution in [3.05, 3.63) is 175 Å². The summed E-state index contributed by atoms with van der Waals surface area (Å²) >= 11 is 1.88. The monoisotopic (exact) mass is 643 g/mol. The first kappa shape index (κ1) is 28.3. The van der Waals surface area contributed by atoms with E-state index in [0.29, 0.717) is 0 Å². The van der Waals surface area contributed by atoms with E-state index >= 15 is 0 Å². The Kier molecular flexibility index (Phi) is 6.16. The molecule has 0 aliphatic heterocycles. The summed E-state index contributed by atoms with van der Waals surface area (Å²) in [5, 5.41) is 7.69. The highest BCUT2D eigenvalue weighted by atomic mass is 32.1. The Bertz CT molecular complexity index is 2770. The van der Waals surface area contributed by atoms with Gasteiger partial charge in [-0.15, -0.1) is 11.3 Å². The molecule has 0 N–H and O–H groups in total. The maximum atomic E-state index is 2.44. The van der Waals surface area contributed by atoms with Crippen molar-refractivity contribution in [3.8, 4) is 22.3 Å². The lowest BCUT2D eigenvalue weighted by Gasteiger charge is -2.28. The van der Waals surface area contributed by atoms with Gasteiger partial charge in [0.2, 0.25) is 0 Å². The van der Waals surface area contributed by atoms with Crippen molar-refractivity contribution >= 4 is 70.1 Å². The Morgan fingerprint density at radius 1 is 0.408 bits per heavy atom. The molecule has 0 bridgehead atoms. The van der Waals surface area contributed by atoms with Crippen LogP contribution in [0.1, 0.15) is 25.0 Å². The Hall–Kier alpha value is -5.70. The number of rotatable bonds is 4. The minimum absolute atomic E-state index is 0.0866. The fourth-order valence-corrected chi connectivity index (χ4v) is 9.20. The lowest BCUT2D eigenvalue weighted by Crippen LogP contribution is -2.16. The van der Waals surface area contributed by atoms with E-state index in [-0.39, 0.29) is 5.41 Å². The van der Waals surface area contributed by atoms with Gasteiger partial charge in [-0.25, -0.2) is 0 Å². The highest BCUT2D eigenvalue weighted by Crippen LogP contribution is 2.51. The summed E-state index contributed by atoms with van der Waals surface area (Å²) in [6.45, 7) is 4.72. The van der Waals surface area contributed by atoms with E-state index in [9.17, 15) is 0 Å². The Morgan fingerprint density at radius 2 is 1.10 bits per heavy atom. The van der Waals surface area contributed by atoms with E-state index in [0.717, 1.165) is 17.1 Å². The van der Waals surface area contributed by atoms with Crippen molar-refractivity contribution in [2.24, 2.45) is 0 Å². The average Bonchev–Trinajstić information content (AvgIpc) is 3.61. The summed E-state index contributed by atoms with van der Waals surface area (Å²) in [6, 6.07) is 60.8. The molecule has 9 aromatic rings. The predicted molar refractivity (Wildman–Crippen MR) is 212 cm³/mol. The molecule has 0 radical (unpaired) electrons. The zero-order valence-electron chi connectivity index (χ0n) is 27.4. The number of fused-ring (bicyclic) bond motifs is 8. The zero-order valence-corrected chi connectivity index (χ0v) is 28.3. The number of benzene rings is 8. The molecule has 232 valence electrons. The molecule has 0 fully saturated rings. The molecule has 1 aliphatic carbocycles. The van der Waals surface area contributed by atoms with Crippen LogP contribution < -0.4 is 4.90 Å². The van der Waals surface area contributed by atoms with Crippen molar-refractivity contribution in [2.75, 3.05) is 4.90 Å². The van der Waals surface area contributed by atoms with Gasteiger partial charge in [0, 0.05) is 42.6 Å². The molecule has 2 heteroatoms. The van der Waals surface area contributed by atoms with Gasteiger partial charge in [0.1, 0.15) is 0 Å². The van der Waals surface area contributed by atoms with Gasteiger partial charge < -0.3 is 4.90 Å². The number of thiophene rings is 1. The molecule has 0 saturated carbocycles. The van der Waals surface area contributed by atoms with E-state index in [1.807, 2.05) is 11.3 Å². The van der Waals surface area contributed by atoms with Crippen molar-refractivity contribution in [3.63, 3.8) is 0 Å². The zero-order chi connectivity index (χ0) is 32.7. The third kappa shape index (κ3) is 4.45. The fourth-order valence-electron chi connectivity index (χ4n) is 8.07. The van der Waals surface area contributed by atoms with Crippen LogP contribution in [0.25, 0.3) is 64.0 Å². The first-order valence-corrected chi connectivity index (χ1v) is 17.8. The van der Waals surface area contributed by atoms with Crippen molar-refractivity contribution in [1.82, 2.24) is 0 Å². The third-order valence-electron chi connectivity index (χ3n) is 10.6. The SMILES string of the molecule is CC1(C)c2ccccc2-c2ccc(N(c3cccc(-c4ccc5ccccc5c4)c3)c3ccc4cc5c(cc4c3)sc3ccccc35)cc21. The van der Waals surface area contributed by atoms with Crippen LogP contribution >= 0.6 is 11.3 Å². The molecule has 1 aromatic heterocycles. The number of hydrogen-bond donors (Lipinski definition) is 0. The molecule has 0 atom stereocenters. The molecule has 1 aliphatic rings. The van der Waals surface area contributed by atoms with Crippen LogP contribution in [0.2, 0.25) is 0 Å². The average molecular weight is 644 g/mol. The standard InChI is InChI=1S/C47H33NS/c1-47(2)43-16-7-5-14-39(43)40-23-22-38(29-44(40)47)48(36-13-9-12-32(25-36)33-19-18-30-10-3-4-11-31(30)24-33)37-21-20-34-27-42-41-15-6-8-17-45(41)49-46(42)28-35(34)26-37/h3-29H,1-2H3. The van der Waals surface area contributed by atoms with Crippen LogP contribution in [0.4, 0.5) is 17.1 Å². The summed E-state index contributed by atoms with van der Waals surface area (Å²) in [5.41, 5.74) is 11.2. The molecule has 0 unspecified atom stereocenters. The van der Waals surface area contributed by atoms with Gasteiger partial charge in [-0.1, -0.05) is 117 Å². The summed E-state index contributed by atoms with van der Waals surface area (Å²) in [5.74, 6) is 0. The second-order valence-electron chi connectivity index (χ2n) is 13.8. The second-order valence-corrected chi connectivity index (χ2v) is 14.9. The smallest absolute Gasteiger partial charge is 0.0468 e. The molecule has 1 heterocycles. The van der Waals surface area contributed by atoms with Gasteiger partial charge in [-0.05, 0) is 116 Å². The fraction of sp³-hybridized carbons (Fsp3) is 0.0638. The molecule has 49 heavy (non-hydrogen) atoms. The maximum absolute atomic E-state index is 2.44. The number of anilines is 3. The minimum Gasteiger partial charge on any atom is -0.310 e. The topological polar surface area (TPSA) is 3.24 Å². The molecular weight excluding hydrogens is 611 g/mol. The van der Waals surface area contributed by atoms with E-state index in [1.54, 1.807) is 0 Å². The third-order valence-corrected chi connectivity index (χ3v) is 11.7. The molecule has 0 amide bonds. The van der Waals surface area contributed by atoms with Gasteiger partial charge >= 0.3 is 0 Å². The lowest BCUT2D eigenvalue weighted by atomic mass is 9.82. The van der Waals surface area contributed by atoms with Crippen LogP contribution in [0.3, 0.4) is 0 Å². The summed E-state index contributed by atoms with van der Waals surface area (Å²) in [7, 11) is 0. The predicted octanol–water partition coefficient (Wildman–Crippen LogP) is 13.8. The van der Waals surface area contributed by atoms with E-state index < -0.39 is 0 Å². The van der Waals surface area contributed by atoms with Gasteiger partial charge in [0.25, 0.3) is 0 Å². The molecule has 0 saturated heterocycles. The first-order valence-electron chi connectivity index (χ1n) is 17.0. The van der Waals surface area contributed by atoms with E-state index in [1.165, 1.54) is 75.1 Å². The Labute approximate surface area is 290 Å². The molecule has 0 spiro atoms. The summed E-state index contributed by atoms with van der Waals surface area (Å²) < 4.78 is 2.66. The highest BCUT2D eigenvalue weighted by Gasteiger charge is 2.35. The Morgan fingerprint density at radius 3 is 2.04 bits per heavy atom. The van der Waals surface area contributed by atoms with Gasteiger partial charge in [0.05, 0.1) is 0 Å². The first-order chi connectivity index (χ1) is 24.0. The van der Waals surface area contributed by atoms with E-state index in [4.69, 9.17) is 0 Å². The number of hydrogen-bond acceptors (Lipinski definition) is 2. The van der Waals surface area contributed by atoms with Gasteiger partial charge in [-0.3, -0.25) is 0 Å². The summed E-state index contributed by atoms with van der Waals surface area (Å²) in [6.07, 6.45) is 0. The largest absolute Gasteiger partial charge is 0.310 e. The highest BCUT2D eigenvalue weighted by molar-refractivity contribution is 7.25. The van der Waals surface area contributed by atoms with Crippen molar-refractivity contribution in [1.29, 1.82) is 0 Å². The quantitative estimate of drug-likeness (QED) is 0.184. The van der Waals surface area contributed by atoms with E-state index in [2.05, 4.69) is 183 Å². The van der Waals surface area contributed by atoms with Gasteiger partial charge in [-0.2, -0.15) is 0 Å². The lowest BCUT2D eigenvalue weighted by molar-refractivity contribution is 0.660. The van der Waals surface area contributed by atoms with Crippen molar-refractivity contribution < 1.29 is 0 Å². The van der Waals surface area contributed by atoms with Crippen LogP contribution in [-0.4, -0.2) is 0 Å². The minimum atomic E-state index is -0.0866. The number of nitrogens with zero attached hydrogens (tertiary/aromatic N) is 1. The Balaban J connectivity index is 1.16. The van der Waals surface area contributed by atoms with Gasteiger partial charge in [0.15, 0.2) is 0 Å². The van der Waals surface area contributed by atoms with Crippen LogP contribution in [0.5, 0.6) is 0 Å². The second kappa shape index (κ2) is 10.7. The van der Waals surface area contributed by atoms with Crippen molar-refractivity contribution in [2.45, 2.75) is 19.3 Å². The molecule has 1 nitrogen and oxygen atoms in total. The van der Waals surface area contributed by atoms with Crippen LogP contribution in [0.15, 0.2) is 164 Å². The molecular formula is C47H33NS. The summed E-state index contributed by atoms with van der Waals surface area (Å²) in [4.78, 5) is 2.44.